The SMILES string of the molecule is NC(=O)c1cccc(NC2CCc3cc(Br)ccc32)c1. The van der Waals surface area contributed by atoms with Crippen LogP contribution in [0.5, 0.6) is 0 Å². The van der Waals surface area contributed by atoms with Crippen LogP contribution in [-0.4, -0.2) is 5.91 Å². The molecule has 0 saturated heterocycles. The molecule has 0 spiro atoms. The smallest absolute Gasteiger partial charge is 0.248 e. The monoisotopic (exact) mass is 330 g/mol. The molecule has 0 saturated carbocycles. The number of amides is 1. The molecule has 102 valence electrons. The topological polar surface area (TPSA) is 55.1 Å². The molecule has 1 aliphatic rings. The highest BCUT2D eigenvalue weighted by atomic mass is 79.9. The van der Waals surface area contributed by atoms with Gasteiger partial charge in [-0.15, -0.1) is 0 Å². The predicted molar refractivity (Wildman–Crippen MR) is 83.8 cm³/mol. The van der Waals surface area contributed by atoms with Crippen molar-refractivity contribution in [3.63, 3.8) is 0 Å². The Morgan fingerprint density at radius 2 is 2.10 bits per heavy atom. The second kappa shape index (κ2) is 5.29. The third kappa shape index (κ3) is 2.56. The first kappa shape index (κ1) is 13.2. The summed E-state index contributed by atoms with van der Waals surface area (Å²) < 4.78 is 1.12. The molecule has 1 unspecified atom stereocenters. The minimum atomic E-state index is -0.399. The van der Waals surface area contributed by atoms with Crippen LogP contribution in [0.4, 0.5) is 5.69 Å². The van der Waals surface area contributed by atoms with Gasteiger partial charge in [0.15, 0.2) is 0 Å². The first-order valence-electron chi connectivity index (χ1n) is 6.58. The Balaban J connectivity index is 1.84. The number of nitrogens with two attached hydrogens (primary N) is 1. The van der Waals surface area contributed by atoms with Crippen molar-refractivity contribution in [2.45, 2.75) is 18.9 Å². The van der Waals surface area contributed by atoms with Crippen LogP contribution in [0.3, 0.4) is 0 Å². The summed E-state index contributed by atoms with van der Waals surface area (Å²) >= 11 is 3.51. The average Bonchev–Trinajstić information content (AvgIpc) is 2.81. The van der Waals surface area contributed by atoms with E-state index in [0.717, 1.165) is 23.0 Å². The number of nitrogens with one attached hydrogen (secondary N) is 1. The van der Waals surface area contributed by atoms with E-state index in [1.54, 1.807) is 12.1 Å². The molecule has 0 aromatic heterocycles. The summed E-state index contributed by atoms with van der Waals surface area (Å²) in [6, 6.07) is 14.0. The van der Waals surface area contributed by atoms with Gasteiger partial charge >= 0.3 is 0 Å². The standard InChI is InChI=1S/C16H15BrN2O/c17-12-5-6-14-10(8-12)4-7-15(14)19-13-3-1-2-11(9-13)16(18)20/h1-3,5-6,8-9,15,19H,4,7H2,(H2,18,20). The molecule has 3 rings (SSSR count). The molecule has 1 aliphatic carbocycles. The number of halogens is 1. The third-order valence-electron chi connectivity index (χ3n) is 3.67. The number of aryl methyl sites for hydroxylation is 1. The molecule has 3 N–H and O–H groups in total. The number of carbonyl (C=O) groups excluding carboxylic acids is 1. The van der Waals surface area contributed by atoms with Gasteiger partial charge in [-0.1, -0.05) is 28.1 Å². The van der Waals surface area contributed by atoms with E-state index in [2.05, 4.69) is 39.4 Å². The zero-order chi connectivity index (χ0) is 14.1. The van der Waals surface area contributed by atoms with Gasteiger partial charge < -0.3 is 11.1 Å². The molecule has 20 heavy (non-hydrogen) atoms. The average molecular weight is 331 g/mol. The summed E-state index contributed by atoms with van der Waals surface area (Å²) in [4.78, 5) is 11.2. The Labute approximate surface area is 126 Å². The van der Waals surface area contributed by atoms with Gasteiger partial charge in [-0.25, -0.2) is 0 Å². The van der Waals surface area contributed by atoms with E-state index in [0.29, 0.717) is 11.6 Å². The van der Waals surface area contributed by atoms with Crippen LogP contribution in [0.15, 0.2) is 46.9 Å². The lowest BCUT2D eigenvalue weighted by Crippen LogP contribution is -2.12. The normalized spacial score (nSPS) is 16.8. The molecule has 3 nitrogen and oxygen atoms in total. The van der Waals surface area contributed by atoms with Crippen molar-refractivity contribution in [3.05, 3.63) is 63.6 Å². The molecular weight excluding hydrogens is 316 g/mol. The van der Waals surface area contributed by atoms with Crippen molar-refractivity contribution in [3.8, 4) is 0 Å². The molecule has 0 radical (unpaired) electrons. The Kier molecular flexibility index (Phi) is 3.49. The van der Waals surface area contributed by atoms with E-state index in [9.17, 15) is 4.79 Å². The number of hydrogen-bond donors (Lipinski definition) is 2. The van der Waals surface area contributed by atoms with Gasteiger partial charge in [0.05, 0.1) is 6.04 Å². The Morgan fingerprint density at radius 3 is 2.90 bits per heavy atom. The number of carbonyl (C=O) groups is 1. The van der Waals surface area contributed by atoms with Gasteiger partial charge in [0.1, 0.15) is 0 Å². The van der Waals surface area contributed by atoms with Crippen LogP contribution < -0.4 is 11.1 Å². The van der Waals surface area contributed by atoms with Gasteiger partial charge in [-0.3, -0.25) is 4.79 Å². The highest BCUT2D eigenvalue weighted by Crippen LogP contribution is 2.35. The summed E-state index contributed by atoms with van der Waals surface area (Å²) in [6.07, 6.45) is 2.13. The van der Waals surface area contributed by atoms with Crippen LogP contribution in [0, 0.1) is 0 Å². The van der Waals surface area contributed by atoms with E-state index in [-0.39, 0.29) is 0 Å². The molecule has 2 aromatic rings. The number of anilines is 1. The highest BCUT2D eigenvalue weighted by molar-refractivity contribution is 9.10. The first-order chi connectivity index (χ1) is 9.63. The van der Waals surface area contributed by atoms with Crippen molar-refractivity contribution < 1.29 is 4.79 Å². The summed E-state index contributed by atoms with van der Waals surface area (Å²) in [6.45, 7) is 0. The van der Waals surface area contributed by atoms with Crippen molar-refractivity contribution in [1.29, 1.82) is 0 Å². The molecule has 0 aliphatic heterocycles. The van der Waals surface area contributed by atoms with Gasteiger partial charge in [0, 0.05) is 15.7 Å². The third-order valence-corrected chi connectivity index (χ3v) is 4.16. The molecule has 0 fully saturated rings. The summed E-state index contributed by atoms with van der Waals surface area (Å²) in [5.41, 5.74) is 9.48. The van der Waals surface area contributed by atoms with E-state index in [4.69, 9.17) is 5.73 Å². The molecule has 0 bridgehead atoms. The maximum absolute atomic E-state index is 11.2. The second-order valence-corrected chi connectivity index (χ2v) is 5.94. The van der Waals surface area contributed by atoms with Crippen molar-refractivity contribution in [2.75, 3.05) is 5.32 Å². The molecule has 4 heteroatoms. The lowest BCUT2D eigenvalue weighted by atomic mass is 10.1. The van der Waals surface area contributed by atoms with Gasteiger partial charge in [0.25, 0.3) is 0 Å². The van der Waals surface area contributed by atoms with Gasteiger partial charge in [0.2, 0.25) is 5.91 Å². The fourth-order valence-corrected chi connectivity index (χ4v) is 3.11. The first-order valence-corrected chi connectivity index (χ1v) is 7.37. The number of hydrogen-bond acceptors (Lipinski definition) is 2. The zero-order valence-corrected chi connectivity index (χ0v) is 12.5. The van der Waals surface area contributed by atoms with Crippen LogP contribution in [0.2, 0.25) is 0 Å². The maximum Gasteiger partial charge on any atom is 0.248 e. The lowest BCUT2D eigenvalue weighted by molar-refractivity contribution is 0.100. The van der Waals surface area contributed by atoms with Gasteiger partial charge in [-0.2, -0.15) is 0 Å². The fraction of sp³-hybridized carbons (Fsp3) is 0.188. The van der Waals surface area contributed by atoms with Crippen molar-refractivity contribution in [2.24, 2.45) is 5.73 Å². The van der Waals surface area contributed by atoms with E-state index >= 15 is 0 Å². The maximum atomic E-state index is 11.2. The molecule has 1 amide bonds. The Hall–Kier alpha value is -1.81. The van der Waals surface area contributed by atoms with Crippen LogP contribution >= 0.6 is 15.9 Å². The van der Waals surface area contributed by atoms with E-state index < -0.39 is 5.91 Å². The van der Waals surface area contributed by atoms with Crippen molar-refractivity contribution in [1.82, 2.24) is 0 Å². The predicted octanol–water partition coefficient (Wildman–Crippen LogP) is 3.65. The summed E-state index contributed by atoms with van der Waals surface area (Å²) in [5, 5.41) is 3.49. The Morgan fingerprint density at radius 1 is 1.25 bits per heavy atom. The quantitative estimate of drug-likeness (QED) is 0.902. The zero-order valence-electron chi connectivity index (χ0n) is 10.9. The second-order valence-electron chi connectivity index (χ2n) is 5.02. The van der Waals surface area contributed by atoms with E-state index in [1.807, 2.05) is 12.1 Å². The fourth-order valence-electron chi connectivity index (χ4n) is 2.70. The van der Waals surface area contributed by atoms with Crippen LogP contribution in [0.1, 0.15) is 33.9 Å². The summed E-state index contributed by atoms with van der Waals surface area (Å²) in [5.74, 6) is -0.399. The molecule has 1 atom stereocenters. The highest BCUT2D eigenvalue weighted by Gasteiger charge is 2.22. The van der Waals surface area contributed by atoms with Gasteiger partial charge in [-0.05, 0) is 54.3 Å². The number of benzene rings is 2. The van der Waals surface area contributed by atoms with Crippen LogP contribution in [-0.2, 0) is 6.42 Å². The lowest BCUT2D eigenvalue weighted by Gasteiger charge is -2.16. The minimum Gasteiger partial charge on any atom is -0.378 e. The number of fused-ring (bicyclic) bond motifs is 1. The molecular formula is C16H15BrN2O. The molecule has 2 aromatic carbocycles. The number of primary amides is 1. The van der Waals surface area contributed by atoms with Crippen LogP contribution in [0.25, 0.3) is 0 Å². The largest absolute Gasteiger partial charge is 0.378 e. The minimum absolute atomic E-state index is 0.293. The van der Waals surface area contributed by atoms with E-state index in [1.165, 1.54) is 11.1 Å². The number of rotatable bonds is 3. The molecule has 0 heterocycles. The Bertz CT molecular complexity index is 669. The van der Waals surface area contributed by atoms with Crippen molar-refractivity contribution >= 4 is 27.5 Å². The summed E-state index contributed by atoms with van der Waals surface area (Å²) in [7, 11) is 0.